The Morgan fingerprint density at radius 3 is 2.44 bits per heavy atom. The van der Waals surface area contributed by atoms with Crippen LogP contribution in [0.1, 0.15) is 12.8 Å². The van der Waals surface area contributed by atoms with Crippen molar-refractivity contribution < 1.29 is 10.2 Å². The quantitative estimate of drug-likeness (QED) is 0.464. The Bertz CT molecular complexity index is 93.1. The molecule has 4 N–H and O–H groups in total. The van der Waals surface area contributed by atoms with Gasteiger partial charge in [-0.3, -0.25) is 0 Å². The fraction of sp³-hybridized carbons (Fsp3) is 1.00. The minimum Gasteiger partial charge on any atom is -0.395 e. The highest BCUT2D eigenvalue weighted by Gasteiger charge is 2.33. The number of hydrogen-bond donors (Lipinski definition) is 3. The van der Waals surface area contributed by atoms with Gasteiger partial charge in [-0.25, -0.2) is 0 Å². The van der Waals surface area contributed by atoms with E-state index in [1.165, 1.54) is 0 Å². The first-order valence-corrected chi connectivity index (χ1v) is 3.30. The van der Waals surface area contributed by atoms with E-state index in [4.69, 9.17) is 10.8 Å². The van der Waals surface area contributed by atoms with Gasteiger partial charge < -0.3 is 15.9 Å². The Balaban J connectivity index is 2.22. The number of rotatable bonds is 3. The third-order valence-corrected chi connectivity index (χ3v) is 1.75. The number of hydrogen-bond acceptors (Lipinski definition) is 3. The van der Waals surface area contributed by atoms with E-state index in [9.17, 15) is 5.11 Å². The third kappa shape index (κ3) is 1.64. The highest BCUT2D eigenvalue weighted by molar-refractivity contribution is 4.86. The maximum Gasteiger partial charge on any atom is 0.0741 e. The Hall–Kier alpha value is -0.120. The summed E-state index contributed by atoms with van der Waals surface area (Å²) in [4.78, 5) is 0. The van der Waals surface area contributed by atoms with E-state index in [1.54, 1.807) is 0 Å². The number of nitrogens with two attached hydrogens (primary N) is 1. The molecule has 0 radical (unpaired) electrons. The summed E-state index contributed by atoms with van der Waals surface area (Å²) in [6, 6.07) is -0.433. The van der Waals surface area contributed by atoms with E-state index in [0.717, 1.165) is 12.8 Å². The SMILES string of the molecule is N[C@@H](CO)C(O)C1CC1. The van der Waals surface area contributed by atoms with Crippen LogP contribution >= 0.6 is 0 Å². The zero-order valence-electron chi connectivity index (χ0n) is 5.33. The first kappa shape index (κ1) is 6.99. The molecule has 1 aliphatic carbocycles. The summed E-state index contributed by atoms with van der Waals surface area (Å²) in [7, 11) is 0. The average Bonchev–Trinajstić information content (AvgIpc) is 2.66. The molecule has 1 aliphatic rings. The van der Waals surface area contributed by atoms with Gasteiger partial charge in [0.15, 0.2) is 0 Å². The topological polar surface area (TPSA) is 66.5 Å². The van der Waals surface area contributed by atoms with Gasteiger partial charge in [-0.1, -0.05) is 0 Å². The van der Waals surface area contributed by atoms with E-state index < -0.39 is 12.1 Å². The summed E-state index contributed by atoms with van der Waals surface area (Å²) in [6.45, 7) is -0.113. The zero-order chi connectivity index (χ0) is 6.85. The molecule has 1 saturated carbocycles. The minimum atomic E-state index is -0.477. The molecular weight excluding hydrogens is 118 g/mol. The van der Waals surface area contributed by atoms with Crippen LogP contribution in [0.5, 0.6) is 0 Å². The molecule has 3 heteroatoms. The maximum atomic E-state index is 9.17. The summed E-state index contributed by atoms with van der Waals surface area (Å²) >= 11 is 0. The lowest BCUT2D eigenvalue weighted by atomic mass is 10.1. The van der Waals surface area contributed by atoms with Gasteiger partial charge in [-0.15, -0.1) is 0 Å². The Labute approximate surface area is 54.5 Å². The Morgan fingerprint density at radius 2 is 2.11 bits per heavy atom. The van der Waals surface area contributed by atoms with Gasteiger partial charge in [0.25, 0.3) is 0 Å². The summed E-state index contributed by atoms with van der Waals surface area (Å²) in [5.41, 5.74) is 5.36. The summed E-state index contributed by atoms with van der Waals surface area (Å²) in [5.74, 6) is 0.368. The summed E-state index contributed by atoms with van der Waals surface area (Å²) in [5, 5.41) is 17.7. The molecule has 0 spiro atoms. The first-order chi connectivity index (χ1) is 4.25. The van der Waals surface area contributed by atoms with Gasteiger partial charge in [-0.05, 0) is 18.8 Å². The lowest BCUT2D eigenvalue weighted by molar-refractivity contribution is 0.0911. The van der Waals surface area contributed by atoms with E-state index in [-0.39, 0.29) is 6.61 Å². The first-order valence-electron chi connectivity index (χ1n) is 3.30. The molecule has 0 saturated heterocycles. The molecule has 0 aromatic carbocycles. The second-order valence-electron chi connectivity index (χ2n) is 2.67. The molecular formula is C6H13NO2. The molecule has 0 aliphatic heterocycles. The number of aliphatic hydroxyl groups is 2. The summed E-state index contributed by atoms with van der Waals surface area (Å²) < 4.78 is 0. The molecule has 0 amide bonds. The Morgan fingerprint density at radius 1 is 1.56 bits per heavy atom. The normalized spacial score (nSPS) is 25.7. The average molecular weight is 131 g/mol. The van der Waals surface area contributed by atoms with Gasteiger partial charge in [0.1, 0.15) is 0 Å². The third-order valence-electron chi connectivity index (χ3n) is 1.75. The highest BCUT2D eigenvalue weighted by atomic mass is 16.3. The van der Waals surface area contributed by atoms with Crippen molar-refractivity contribution in [2.45, 2.75) is 25.0 Å². The van der Waals surface area contributed by atoms with Crippen LogP contribution in [0.15, 0.2) is 0 Å². The molecule has 54 valence electrons. The largest absolute Gasteiger partial charge is 0.395 e. The van der Waals surface area contributed by atoms with Gasteiger partial charge >= 0.3 is 0 Å². The standard InChI is InChI=1S/C6H13NO2/c7-5(3-8)6(9)4-1-2-4/h4-6,8-9H,1-3,7H2/t5-,6?/m0/s1. The predicted molar refractivity (Wildman–Crippen MR) is 33.8 cm³/mol. The number of aliphatic hydroxyl groups excluding tert-OH is 2. The molecule has 3 nitrogen and oxygen atoms in total. The van der Waals surface area contributed by atoms with Crippen molar-refractivity contribution in [1.29, 1.82) is 0 Å². The van der Waals surface area contributed by atoms with Crippen molar-refractivity contribution in [1.82, 2.24) is 0 Å². The second-order valence-corrected chi connectivity index (χ2v) is 2.67. The molecule has 0 bridgehead atoms. The van der Waals surface area contributed by atoms with Gasteiger partial charge in [0.05, 0.1) is 18.8 Å². The monoisotopic (exact) mass is 131 g/mol. The highest BCUT2D eigenvalue weighted by Crippen LogP contribution is 2.33. The lowest BCUT2D eigenvalue weighted by Gasteiger charge is -2.14. The molecule has 0 aromatic heterocycles. The van der Waals surface area contributed by atoms with Crippen molar-refractivity contribution in [2.75, 3.05) is 6.61 Å². The van der Waals surface area contributed by atoms with E-state index >= 15 is 0 Å². The van der Waals surface area contributed by atoms with Crippen LogP contribution in [0.25, 0.3) is 0 Å². The smallest absolute Gasteiger partial charge is 0.0741 e. The van der Waals surface area contributed by atoms with Crippen LogP contribution in [0.3, 0.4) is 0 Å². The van der Waals surface area contributed by atoms with Crippen LogP contribution < -0.4 is 5.73 Å². The second kappa shape index (κ2) is 2.64. The zero-order valence-corrected chi connectivity index (χ0v) is 5.33. The van der Waals surface area contributed by atoms with Crippen LogP contribution in [0, 0.1) is 5.92 Å². The predicted octanol–water partition coefficient (Wildman–Crippen LogP) is -0.923. The molecule has 9 heavy (non-hydrogen) atoms. The fourth-order valence-corrected chi connectivity index (χ4v) is 0.895. The minimum absolute atomic E-state index is 0.113. The molecule has 2 atom stereocenters. The fourth-order valence-electron chi connectivity index (χ4n) is 0.895. The van der Waals surface area contributed by atoms with Gasteiger partial charge in [0.2, 0.25) is 0 Å². The van der Waals surface area contributed by atoms with Gasteiger partial charge in [-0.2, -0.15) is 0 Å². The van der Waals surface area contributed by atoms with Crippen LogP contribution in [-0.4, -0.2) is 29.0 Å². The van der Waals surface area contributed by atoms with E-state index in [0.29, 0.717) is 5.92 Å². The van der Waals surface area contributed by atoms with Crippen molar-refractivity contribution in [3.8, 4) is 0 Å². The van der Waals surface area contributed by atoms with Crippen molar-refractivity contribution in [3.05, 3.63) is 0 Å². The molecule has 1 rings (SSSR count). The summed E-state index contributed by atoms with van der Waals surface area (Å²) in [6.07, 6.45) is 1.65. The van der Waals surface area contributed by atoms with Crippen molar-refractivity contribution in [2.24, 2.45) is 11.7 Å². The van der Waals surface area contributed by atoms with Crippen LogP contribution in [-0.2, 0) is 0 Å². The van der Waals surface area contributed by atoms with E-state index in [1.807, 2.05) is 0 Å². The van der Waals surface area contributed by atoms with Crippen molar-refractivity contribution >= 4 is 0 Å². The van der Waals surface area contributed by atoms with Gasteiger partial charge in [0, 0.05) is 0 Å². The van der Waals surface area contributed by atoms with E-state index in [2.05, 4.69) is 0 Å². The molecule has 0 aromatic rings. The molecule has 1 fully saturated rings. The van der Waals surface area contributed by atoms with Crippen molar-refractivity contribution in [3.63, 3.8) is 0 Å². The Kier molecular flexibility index (Phi) is 2.05. The van der Waals surface area contributed by atoms with Crippen LogP contribution in [0.4, 0.5) is 0 Å². The van der Waals surface area contributed by atoms with Crippen LogP contribution in [0.2, 0.25) is 0 Å². The molecule has 0 heterocycles. The molecule has 1 unspecified atom stereocenters. The lowest BCUT2D eigenvalue weighted by Crippen LogP contribution is -2.39. The maximum absolute atomic E-state index is 9.17.